The second-order valence-corrected chi connectivity index (χ2v) is 22.5. The Morgan fingerprint density at radius 3 is 1.21 bits per heavy atom. The predicted molar refractivity (Wildman–Crippen MR) is 181 cm³/mol. The van der Waals surface area contributed by atoms with Crippen molar-refractivity contribution >= 4 is 54.5 Å². The van der Waals surface area contributed by atoms with E-state index >= 15 is 0 Å². The van der Waals surface area contributed by atoms with Crippen LogP contribution < -0.4 is 5.37 Å². The molecule has 3 aromatic rings. The van der Waals surface area contributed by atoms with Gasteiger partial charge in [-0.25, -0.2) is 0 Å². The number of halogens is 1. The first-order chi connectivity index (χ1) is 19.2. The van der Waals surface area contributed by atoms with Crippen LogP contribution in [0.3, 0.4) is 0 Å². The predicted octanol–water partition coefficient (Wildman–Crippen LogP) is 10.4. The van der Waals surface area contributed by atoms with Gasteiger partial charge in [0.2, 0.25) is 0 Å². The molecule has 0 aliphatic carbocycles. The summed E-state index contributed by atoms with van der Waals surface area (Å²) < 4.78 is 13.5. The number of nitrogens with zero attached hydrogens (tertiary/aromatic N) is 2. The van der Waals surface area contributed by atoms with Crippen molar-refractivity contribution in [3.05, 3.63) is 81.9 Å². The number of hydrogen-bond acceptors (Lipinski definition) is 4. The molecule has 0 saturated carbocycles. The zero-order valence-corrected chi connectivity index (χ0v) is 32.7. The van der Waals surface area contributed by atoms with Crippen molar-refractivity contribution in [2.75, 3.05) is 0 Å². The van der Waals surface area contributed by atoms with E-state index in [0.29, 0.717) is 0 Å². The molecule has 222 valence electrons. The van der Waals surface area contributed by atoms with Gasteiger partial charge in [0.15, 0.2) is 0 Å². The first kappa shape index (κ1) is 32.7. The molecule has 4 nitrogen and oxygen atoms in total. The third-order valence-corrected chi connectivity index (χ3v) is 12.4. The van der Waals surface area contributed by atoms with Gasteiger partial charge in [0.25, 0.3) is 0 Å². The Labute approximate surface area is 266 Å². The zero-order chi connectivity index (χ0) is 31.3. The van der Waals surface area contributed by atoms with Crippen LogP contribution >= 0.6 is 8.32 Å². The molecule has 0 saturated heterocycles. The Morgan fingerprint density at radius 1 is 0.548 bits per heavy atom. The Balaban J connectivity index is 2.05. The average molecular weight is 779 g/mol. The molecule has 3 aromatic carbocycles. The third-order valence-electron chi connectivity index (χ3n) is 7.57. The van der Waals surface area contributed by atoms with E-state index in [1.54, 1.807) is 0 Å². The van der Waals surface area contributed by atoms with Crippen molar-refractivity contribution in [3.8, 4) is 11.5 Å². The molecule has 0 aromatic heterocycles. The van der Waals surface area contributed by atoms with Crippen molar-refractivity contribution in [3.63, 3.8) is 0 Å². The fourth-order valence-electron chi connectivity index (χ4n) is 4.91. The molecule has 1 aliphatic rings. The molecule has 6 heteroatoms. The molecule has 0 bridgehead atoms. The Hall–Kier alpha value is -2.19. The average Bonchev–Trinajstić information content (AvgIpc) is 2.85. The van der Waals surface area contributed by atoms with Crippen LogP contribution in [0.1, 0.15) is 116 Å². The molecule has 0 amide bonds. The maximum absolute atomic E-state index is 7.19. The summed E-state index contributed by atoms with van der Waals surface area (Å²) >= 11 is -3.80. The van der Waals surface area contributed by atoms with Crippen LogP contribution in [0.25, 0.3) is 0 Å². The van der Waals surface area contributed by atoms with E-state index < -0.39 is 22.4 Å². The zero-order valence-electron chi connectivity index (χ0n) is 27.4. The molecule has 0 atom stereocenters. The number of aliphatic imine (C=N–C) groups is 2. The van der Waals surface area contributed by atoms with Crippen molar-refractivity contribution in [1.29, 1.82) is 0 Å². The summed E-state index contributed by atoms with van der Waals surface area (Å²) in [5.74, 6) is 1.53. The van der Waals surface area contributed by atoms with Gasteiger partial charge in [-0.1, -0.05) is 0 Å². The first-order valence-corrected chi connectivity index (χ1v) is 24.0. The Morgan fingerprint density at radius 2 is 0.905 bits per heavy atom. The summed E-state index contributed by atoms with van der Waals surface area (Å²) in [6.45, 7) is 26.6. The first-order valence-electron chi connectivity index (χ1n) is 14.8. The Kier molecular flexibility index (Phi) is 9.13. The molecule has 1 heterocycles. The normalized spacial score (nSPS) is 14.5. The number of hydrogen-bond donors (Lipinski definition) is 0. The van der Waals surface area contributed by atoms with E-state index in [1.165, 1.54) is 11.1 Å². The fraction of sp³-hybridized carbons (Fsp3) is 0.444. The van der Waals surface area contributed by atoms with E-state index in [1.807, 2.05) is 36.7 Å². The van der Waals surface area contributed by atoms with Gasteiger partial charge < -0.3 is 0 Å². The molecule has 4 rings (SSSR count). The summed E-state index contributed by atoms with van der Waals surface area (Å²) in [5.41, 5.74) is 7.53. The summed E-state index contributed by atoms with van der Waals surface area (Å²) in [7, 11) is 7.19. The van der Waals surface area contributed by atoms with Gasteiger partial charge in [-0.05, 0) is 0 Å². The molecular formula is C36H46ClN2O2Tl. The van der Waals surface area contributed by atoms with Crippen LogP contribution in [0.2, 0.25) is 0 Å². The standard InChI is InChI=1S/C36H48N2O2.ClH.Tl/c1-33(2,3)25-17-23(31(39)27(19-25)35(7,8)9)21-37-29-15-13-14-16-30(29)38-22-24-18-26(34(4,5)6)20-28(32(24)40)36(10,11)12;;/h13-22,39-40H,1-12H3;1H;/q;;+3/p-3. The SMILES string of the molecule is CC(C)(C)c1cc2c(c(C(C)(C)C)c1)[O][Tl]([Cl])[O]c1c(cc(C(C)(C)C)cc1C(C)(C)C)C=Nc1ccccc1N=C2. The van der Waals surface area contributed by atoms with Gasteiger partial charge >= 0.3 is 268 Å². The van der Waals surface area contributed by atoms with Crippen molar-refractivity contribution in [2.45, 2.75) is 105 Å². The van der Waals surface area contributed by atoms with Crippen molar-refractivity contribution in [2.24, 2.45) is 9.98 Å². The van der Waals surface area contributed by atoms with Crippen LogP contribution in [0.5, 0.6) is 11.5 Å². The Bertz CT molecular complexity index is 1420. The number of benzene rings is 3. The second-order valence-electron chi connectivity index (χ2n) is 15.4. The van der Waals surface area contributed by atoms with E-state index in [2.05, 4.69) is 107 Å². The van der Waals surface area contributed by atoms with Crippen LogP contribution in [-0.4, -0.2) is 34.8 Å². The second kappa shape index (κ2) is 11.7. The van der Waals surface area contributed by atoms with Gasteiger partial charge in [0.1, 0.15) is 0 Å². The fourth-order valence-corrected chi connectivity index (χ4v) is 10.1. The molecule has 0 radical (unpaired) electrons. The van der Waals surface area contributed by atoms with Gasteiger partial charge in [-0.2, -0.15) is 0 Å². The van der Waals surface area contributed by atoms with Crippen LogP contribution in [0.4, 0.5) is 11.4 Å². The maximum atomic E-state index is 7.19. The van der Waals surface area contributed by atoms with Crippen LogP contribution in [0.15, 0.2) is 58.5 Å². The van der Waals surface area contributed by atoms with Gasteiger partial charge in [0, 0.05) is 0 Å². The summed E-state index contributed by atoms with van der Waals surface area (Å²) in [5, 5.41) is 0. The quantitative estimate of drug-likeness (QED) is 0.213. The molecule has 0 unspecified atom stereocenters. The number of fused-ring (bicyclic) bond motifs is 3. The van der Waals surface area contributed by atoms with Crippen molar-refractivity contribution in [1.82, 2.24) is 0 Å². The van der Waals surface area contributed by atoms with E-state index in [4.69, 9.17) is 23.7 Å². The molecule has 0 spiro atoms. The van der Waals surface area contributed by atoms with E-state index in [-0.39, 0.29) is 21.7 Å². The summed E-state index contributed by atoms with van der Waals surface area (Å²) in [6.07, 6.45) is 3.80. The van der Waals surface area contributed by atoms with Crippen molar-refractivity contribution < 1.29 is 5.37 Å². The molecular weight excluding hydrogens is 732 g/mol. The molecule has 0 fully saturated rings. The summed E-state index contributed by atoms with van der Waals surface area (Å²) in [4.78, 5) is 9.91. The number of para-hydroxylation sites is 2. The summed E-state index contributed by atoms with van der Waals surface area (Å²) in [6, 6.07) is 16.9. The van der Waals surface area contributed by atoms with Gasteiger partial charge in [-0.3, -0.25) is 0 Å². The topological polar surface area (TPSA) is 43.2 Å². The molecule has 42 heavy (non-hydrogen) atoms. The van der Waals surface area contributed by atoms with Crippen LogP contribution in [0, 0.1) is 0 Å². The minimum atomic E-state index is -3.80. The van der Waals surface area contributed by atoms with Crippen LogP contribution in [-0.2, 0) is 21.7 Å². The van der Waals surface area contributed by atoms with E-state index in [0.717, 1.165) is 45.1 Å². The molecule has 1 aliphatic heterocycles. The number of rotatable bonds is 0. The molecule has 0 N–H and O–H groups in total. The third kappa shape index (κ3) is 7.47. The monoisotopic (exact) mass is 778 g/mol. The van der Waals surface area contributed by atoms with E-state index in [9.17, 15) is 0 Å². The van der Waals surface area contributed by atoms with Gasteiger partial charge in [0.05, 0.1) is 0 Å². The minimum absolute atomic E-state index is 0.0568. The van der Waals surface area contributed by atoms with Gasteiger partial charge in [-0.15, -0.1) is 0 Å².